The van der Waals surface area contributed by atoms with E-state index in [4.69, 9.17) is 0 Å². The number of halogens is 1. The van der Waals surface area contributed by atoms with Gasteiger partial charge in [-0.15, -0.1) is 12.4 Å². The summed E-state index contributed by atoms with van der Waals surface area (Å²) in [5.74, 6) is 0.235. The number of rotatable bonds is 3. The van der Waals surface area contributed by atoms with Crippen LogP contribution in [0, 0.1) is 12.8 Å². The van der Waals surface area contributed by atoms with Crippen molar-refractivity contribution in [3.8, 4) is 0 Å². The largest absolute Gasteiger partial charge is 0.356 e. The van der Waals surface area contributed by atoms with Crippen molar-refractivity contribution in [1.82, 2.24) is 20.4 Å². The summed E-state index contributed by atoms with van der Waals surface area (Å²) in [4.78, 5) is 42.9. The molecule has 2 heterocycles. The minimum atomic E-state index is -0.0493. The number of hydrogen-bond donors (Lipinski definition) is 2. The van der Waals surface area contributed by atoms with Gasteiger partial charge in [0.05, 0.1) is 0 Å². The van der Waals surface area contributed by atoms with Gasteiger partial charge in [0.25, 0.3) is 5.91 Å². The number of carbonyl (C=O) groups excluding carboxylic acids is 3. The minimum absolute atomic E-state index is 0. The van der Waals surface area contributed by atoms with Gasteiger partial charge in [-0.3, -0.25) is 14.4 Å². The summed E-state index contributed by atoms with van der Waals surface area (Å²) in [6.07, 6.45) is 4.41. The topological polar surface area (TPSA) is 81.8 Å². The molecule has 2 aliphatic rings. The highest BCUT2D eigenvalue weighted by molar-refractivity contribution is 5.95. The Balaban J connectivity index is 0.00000400. The van der Waals surface area contributed by atoms with E-state index in [0.29, 0.717) is 45.4 Å². The van der Waals surface area contributed by atoms with Crippen LogP contribution in [-0.2, 0) is 9.59 Å². The third-order valence-electron chi connectivity index (χ3n) is 7.58. The summed E-state index contributed by atoms with van der Waals surface area (Å²) in [7, 11) is 0. The first kappa shape index (κ1) is 29.7. The molecule has 1 unspecified atom stereocenters. The van der Waals surface area contributed by atoms with Crippen molar-refractivity contribution in [3.63, 3.8) is 0 Å². The molecule has 0 saturated carbocycles. The molecule has 206 valence electrons. The van der Waals surface area contributed by atoms with Gasteiger partial charge in [0.15, 0.2) is 0 Å². The van der Waals surface area contributed by atoms with Gasteiger partial charge < -0.3 is 20.4 Å². The molecule has 7 nitrogen and oxygen atoms in total. The summed E-state index contributed by atoms with van der Waals surface area (Å²) in [6, 6.07) is 17.8. The van der Waals surface area contributed by atoms with Crippen molar-refractivity contribution in [1.29, 1.82) is 0 Å². The maximum Gasteiger partial charge on any atom is 0.254 e. The van der Waals surface area contributed by atoms with Crippen LogP contribution in [0.3, 0.4) is 0 Å². The number of amides is 3. The Kier molecular flexibility index (Phi) is 11.6. The first-order valence-corrected chi connectivity index (χ1v) is 13.7. The van der Waals surface area contributed by atoms with Gasteiger partial charge in [0.1, 0.15) is 0 Å². The molecule has 8 heteroatoms. The highest BCUT2D eigenvalue weighted by atomic mass is 35.5. The monoisotopic (exact) mass is 540 g/mol. The smallest absolute Gasteiger partial charge is 0.254 e. The average Bonchev–Trinajstić information content (AvgIpc) is 2.95. The lowest BCUT2D eigenvalue weighted by molar-refractivity contribution is -0.137. The number of nitrogens with zero attached hydrogens (tertiary/aromatic N) is 2. The first-order chi connectivity index (χ1) is 18.0. The van der Waals surface area contributed by atoms with Crippen LogP contribution in [0.5, 0.6) is 0 Å². The SMILES string of the molecule is Cc1ccccc1C(=O)N1CCC(C(=O)N2CCCCNC(c3ccccc3)CC(=O)NCCC2)CC1.Cl. The van der Waals surface area contributed by atoms with Gasteiger partial charge in [-0.2, -0.15) is 0 Å². The van der Waals surface area contributed by atoms with E-state index in [2.05, 4.69) is 22.8 Å². The molecule has 0 aromatic heterocycles. The molecular formula is C30H41ClN4O3. The molecular weight excluding hydrogens is 500 g/mol. The zero-order valence-corrected chi connectivity index (χ0v) is 23.2. The minimum Gasteiger partial charge on any atom is -0.356 e. The Labute approximate surface area is 232 Å². The number of piperidine rings is 1. The number of nitrogens with one attached hydrogen (secondary N) is 2. The van der Waals surface area contributed by atoms with Crippen molar-refractivity contribution in [2.24, 2.45) is 5.92 Å². The van der Waals surface area contributed by atoms with E-state index in [-0.39, 0.29) is 42.1 Å². The molecule has 2 saturated heterocycles. The van der Waals surface area contributed by atoms with E-state index in [9.17, 15) is 14.4 Å². The summed E-state index contributed by atoms with van der Waals surface area (Å²) in [5.41, 5.74) is 2.85. The maximum atomic E-state index is 13.5. The van der Waals surface area contributed by atoms with Crippen LogP contribution >= 0.6 is 12.4 Å². The summed E-state index contributed by atoms with van der Waals surface area (Å²) < 4.78 is 0. The van der Waals surface area contributed by atoms with Gasteiger partial charge in [-0.1, -0.05) is 48.5 Å². The quantitative estimate of drug-likeness (QED) is 0.613. The standard InChI is InChI=1S/C30H40N4O3.ClH/c1-23-10-5-6-13-26(23)30(37)34-20-14-25(15-21-34)29(36)33-18-8-7-16-31-27(24-11-3-2-4-12-24)22-28(35)32-17-9-19-33;/h2-6,10-13,25,27,31H,7-9,14-22H2,1H3,(H,32,35);1H. The lowest BCUT2D eigenvalue weighted by Gasteiger charge is -2.34. The van der Waals surface area contributed by atoms with Crippen LogP contribution in [0.2, 0.25) is 0 Å². The van der Waals surface area contributed by atoms with Gasteiger partial charge >= 0.3 is 0 Å². The van der Waals surface area contributed by atoms with Crippen molar-refractivity contribution in [2.75, 3.05) is 39.3 Å². The third-order valence-corrected chi connectivity index (χ3v) is 7.58. The van der Waals surface area contributed by atoms with E-state index >= 15 is 0 Å². The van der Waals surface area contributed by atoms with Crippen molar-refractivity contribution in [2.45, 2.75) is 51.5 Å². The first-order valence-electron chi connectivity index (χ1n) is 13.7. The number of hydrogen-bond acceptors (Lipinski definition) is 4. The van der Waals surface area contributed by atoms with Crippen LogP contribution < -0.4 is 10.6 Å². The van der Waals surface area contributed by atoms with E-state index in [1.54, 1.807) is 0 Å². The fourth-order valence-corrected chi connectivity index (χ4v) is 5.36. The molecule has 2 aliphatic heterocycles. The number of aryl methyl sites for hydroxylation is 1. The van der Waals surface area contributed by atoms with Crippen molar-refractivity contribution >= 4 is 30.1 Å². The average molecular weight is 541 g/mol. The molecule has 3 amide bonds. The fourth-order valence-electron chi connectivity index (χ4n) is 5.36. The van der Waals surface area contributed by atoms with Gasteiger partial charge in [-0.05, 0) is 62.8 Å². The van der Waals surface area contributed by atoms with E-state index in [0.717, 1.165) is 49.0 Å². The zero-order chi connectivity index (χ0) is 26.0. The Bertz CT molecular complexity index is 1060. The predicted octanol–water partition coefficient (Wildman–Crippen LogP) is 4.12. The Morgan fingerprint density at radius 3 is 2.24 bits per heavy atom. The molecule has 0 aliphatic carbocycles. The van der Waals surface area contributed by atoms with E-state index in [1.165, 1.54) is 0 Å². The molecule has 4 rings (SSSR count). The normalized spacial score (nSPS) is 20.2. The van der Waals surface area contributed by atoms with Crippen molar-refractivity contribution in [3.05, 3.63) is 71.3 Å². The lowest BCUT2D eigenvalue weighted by atomic mass is 9.94. The Morgan fingerprint density at radius 2 is 1.50 bits per heavy atom. The molecule has 38 heavy (non-hydrogen) atoms. The molecule has 2 N–H and O–H groups in total. The highest BCUT2D eigenvalue weighted by Crippen LogP contribution is 2.23. The second kappa shape index (κ2) is 14.9. The van der Waals surface area contributed by atoms with Crippen LogP contribution in [-0.4, -0.2) is 66.8 Å². The Morgan fingerprint density at radius 1 is 0.816 bits per heavy atom. The summed E-state index contributed by atoms with van der Waals surface area (Å²) in [6.45, 7) is 5.92. The molecule has 2 aromatic carbocycles. The predicted molar refractivity (Wildman–Crippen MR) is 152 cm³/mol. The lowest BCUT2D eigenvalue weighted by Crippen LogP contribution is -2.45. The number of benzene rings is 2. The second-order valence-electron chi connectivity index (χ2n) is 10.2. The van der Waals surface area contributed by atoms with Crippen molar-refractivity contribution < 1.29 is 14.4 Å². The molecule has 0 radical (unpaired) electrons. The molecule has 0 bridgehead atoms. The number of likely N-dealkylation sites (tertiary alicyclic amines) is 1. The summed E-state index contributed by atoms with van der Waals surface area (Å²) >= 11 is 0. The number of carbonyl (C=O) groups is 3. The maximum absolute atomic E-state index is 13.5. The summed E-state index contributed by atoms with van der Waals surface area (Å²) in [5, 5.41) is 6.58. The Hall–Kier alpha value is -2.90. The molecule has 2 aromatic rings. The van der Waals surface area contributed by atoms with Gasteiger partial charge in [0.2, 0.25) is 11.8 Å². The molecule has 1 atom stereocenters. The van der Waals surface area contributed by atoms with Gasteiger partial charge in [0, 0.05) is 56.7 Å². The zero-order valence-electron chi connectivity index (χ0n) is 22.4. The highest BCUT2D eigenvalue weighted by Gasteiger charge is 2.30. The van der Waals surface area contributed by atoms with E-state index < -0.39 is 0 Å². The second-order valence-corrected chi connectivity index (χ2v) is 10.2. The van der Waals surface area contributed by atoms with Crippen LogP contribution in [0.1, 0.15) is 66.1 Å². The molecule has 0 spiro atoms. The third kappa shape index (κ3) is 8.05. The van der Waals surface area contributed by atoms with E-state index in [1.807, 2.05) is 59.2 Å². The van der Waals surface area contributed by atoms with Crippen LogP contribution in [0.25, 0.3) is 0 Å². The van der Waals surface area contributed by atoms with Crippen LogP contribution in [0.4, 0.5) is 0 Å². The molecule has 2 fully saturated rings. The van der Waals surface area contributed by atoms with Gasteiger partial charge in [-0.25, -0.2) is 0 Å². The van der Waals surface area contributed by atoms with Crippen LogP contribution in [0.15, 0.2) is 54.6 Å². The fraction of sp³-hybridized carbons (Fsp3) is 0.500.